The number of carbonyl (C=O) groups excluding carboxylic acids is 2. The van der Waals surface area contributed by atoms with Crippen molar-refractivity contribution in [2.45, 2.75) is 45.6 Å². The molecule has 1 saturated carbocycles. The Bertz CT molecular complexity index is 1090. The average Bonchev–Trinajstić information content (AvgIpc) is 3.49. The number of rotatable bonds is 9. The molecular formula is C26H29N3O4. The van der Waals surface area contributed by atoms with Crippen molar-refractivity contribution in [1.29, 1.82) is 0 Å². The zero-order chi connectivity index (χ0) is 23.0. The van der Waals surface area contributed by atoms with Gasteiger partial charge in [0.25, 0.3) is 0 Å². The number of para-hydroxylation sites is 2. The molecule has 1 aliphatic rings. The number of nitrogens with zero attached hydrogens (tertiary/aromatic N) is 1. The number of aromatic nitrogens is 1. The summed E-state index contributed by atoms with van der Waals surface area (Å²) in [5.74, 6) is 1.82. The second-order valence-electron chi connectivity index (χ2n) is 8.23. The van der Waals surface area contributed by atoms with Gasteiger partial charge in [0, 0.05) is 5.92 Å². The second kappa shape index (κ2) is 10.8. The quantitative estimate of drug-likeness (QED) is 0.488. The molecule has 33 heavy (non-hydrogen) atoms. The average molecular weight is 448 g/mol. The number of benzene rings is 2. The van der Waals surface area contributed by atoms with Gasteiger partial charge in [-0.25, -0.2) is 4.98 Å². The lowest BCUT2D eigenvalue weighted by molar-refractivity contribution is -0.125. The van der Waals surface area contributed by atoms with Crippen LogP contribution in [0, 0.1) is 12.8 Å². The Morgan fingerprint density at radius 2 is 1.79 bits per heavy atom. The summed E-state index contributed by atoms with van der Waals surface area (Å²) in [5, 5.41) is 5.91. The highest BCUT2D eigenvalue weighted by molar-refractivity contribution is 5.94. The molecule has 0 aliphatic heterocycles. The molecule has 7 nitrogen and oxygen atoms in total. The van der Waals surface area contributed by atoms with Crippen LogP contribution < -0.4 is 15.4 Å². The van der Waals surface area contributed by atoms with Gasteiger partial charge < -0.3 is 19.8 Å². The highest BCUT2D eigenvalue weighted by Crippen LogP contribution is 2.29. The molecule has 172 valence electrons. The highest BCUT2D eigenvalue weighted by Gasteiger charge is 2.23. The summed E-state index contributed by atoms with van der Waals surface area (Å²) in [4.78, 5) is 29.4. The maximum Gasteiger partial charge on any atom is 0.228 e. The van der Waals surface area contributed by atoms with E-state index in [2.05, 4.69) is 15.6 Å². The minimum absolute atomic E-state index is 0.0850. The molecule has 1 fully saturated rings. The maximum atomic E-state index is 12.5. The van der Waals surface area contributed by atoms with Crippen molar-refractivity contribution in [3.8, 4) is 17.2 Å². The van der Waals surface area contributed by atoms with E-state index in [0.29, 0.717) is 35.1 Å². The first-order valence-electron chi connectivity index (χ1n) is 11.4. The van der Waals surface area contributed by atoms with Gasteiger partial charge in [-0.2, -0.15) is 0 Å². The lowest BCUT2D eigenvalue weighted by atomic mass is 10.1. The van der Waals surface area contributed by atoms with Crippen LogP contribution >= 0.6 is 0 Å². The molecule has 2 aromatic carbocycles. The van der Waals surface area contributed by atoms with Gasteiger partial charge in [-0.3, -0.25) is 9.59 Å². The minimum Gasteiger partial charge on any atom is -0.493 e. The monoisotopic (exact) mass is 447 g/mol. The Morgan fingerprint density at radius 1 is 1.06 bits per heavy atom. The van der Waals surface area contributed by atoms with E-state index in [1.807, 2.05) is 61.5 Å². The van der Waals surface area contributed by atoms with E-state index in [4.69, 9.17) is 9.15 Å². The van der Waals surface area contributed by atoms with E-state index >= 15 is 0 Å². The van der Waals surface area contributed by atoms with Crippen LogP contribution in [0.4, 0.5) is 5.69 Å². The van der Waals surface area contributed by atoms with Gasteiger partial charge in [0.05, 0.1) is 30.8 Å². The predicted molar refractivity (Wildman–Crippen MR) is 126 cm³/mol. The standard InChI is InChI=1S/C26H29N3O4/c1-18-23(17-27-25(31)19-9-5-6-10-19)29-26(33-18)21-13-7-8-14-22(21)28-24(30)15-16-32-20-11-3-2-4-12-20/h2-4,7-8,11-14,19H,5-6,9-10,15-17H2,1H3,(H,27,31)(H,28,30). The van der Waals surface area contributed by atoms with Crippen LogP contribution in [-0.2, 0) is 16.1 Å². The lowest BCUT2D eigenvalue weighted by Gasteiger charge is -2.10. The van der Waals surface area contributed by atoms with Crippen LogP contribution in [0.15, 0.2) is 59.0 Å². The molecule has 0 atom stereocenters. The smallest absolute Gasteiger partial charge is 0.228 e. The summed E-state index contributed by atoms with van der Waals surface area (Å²) in [6.07, 6.45) is 4.36. The number of oxazole rings is 1. The minimum atomic E-state index is -0.161. The first kappa shape index (κ1) is 22.6. The van der Waals surface area contributed by atoms with Crippen molar-refractivity contribution in [3.63, 3.8) is 0 Å². The zero-order valence-electron chi connectivity index (χ0n) is 18.8. The number of carbonyl (C=O) groups is 2. The molecule has 1 aromatic heterocycles. The van der Waals surface area contributed by atoms with Gasteiger partial charge in [0.15, 0.2) is 0 Å². The normalized spacial score (nSPS) is 13.6. The molecule has 0 bridgehead atoms. The van der Waals surface area contributed by atoms with Crippen molar-refractivity contribution < 1.29 is 18.7 Å². The molecule has 0 saturated heterocycles. The van der Waals surface area contributed by atoms with Gasteiger partial charge in [0.1, 0.15) is 17.2 Å². The van der Waals surface area contributed by atoms with E-state index in [0.717, 1.165) is 31.4 Å². The van der Waals surface area contributed by atoms with Crippen LogP contribution in [0.25, 0.3) is 11.5 Å². The molecule has 0 unspecified atom stereocenters. The van der Waals surface area contributed by atoms with E-state index in [1.54, 1.807) is 0 Å². The molecule has 1 heterocycles. The van der Waals surface area contributed by atoms with E-state index in [1.165, 1.54) is 0 Å². The zero-order valence-corrected chi connectivity index (χ0v) is 18.8. The summed E-state index contributed by atoms with van der Waals surface area (Å²) < 4.78 is 11.5. The van der Waals surface area contributed by atoms with E-state index < -0.39 is 0 Å². The van der Waals surface area contributed by atoms with Gasteiger partial charge in [-0.1, -0.05) is 43.2 Å². The fourth-order valence-corrected chi connectivity index (χ4v) is 3.98. The Labute approximate surface area is 193 Å². The molecule has 1 aliphatic carbocycles. The number of ether oxygens (including phenoxy) is 1. The van der Waals surface area contributed by atoms with Crippen LogP contribution in [0.3, 0.4) is 0 Å². The summed E-state index contributed by atoms with van der Waals surface area (Å²) in [6.45, 7) is 2.44. The van der Waals surface area contributed by atoms with Crippen molar-refractivity contribution >= 4 is 17.5 Å². The third-order valence-electron chi connectivity index (χ3n) is 5.82. The Balaban J connectivity index is 1.37. The summed E-state index contributed by atoms with van der Waals surface area (Å²) >= 11 is 0. The fourth-order valence-electron chi connectivity index (χ4n) is 3.98. The molecule has 3 aromatic rings. The summed E-state index contributed by atoms with van der Waals surface area (Å²) in [7, 11) is 0. The third-order valence-corrected chi connectivity index (χ3v) is 5.82. The molecule has 0 spiro atoms. The number of hydrogen-bond donors (Lipinski definition) is 2. The largest absolute Gasteiger partial charge is 0.493 e. The third kappa shape index (κ3) is 6.00. The Morgan fingerprint density at radius 3 is 2.58 bits per heavy atom. The van der Waals surface area contributed by atoms with E-state index in [-0.39, 0.29) is 30.8 Å². The number of anilines is 1. The summed E-state index contributed by atoms with van der Waals surface area (Å²) in [5.41, 5.74) is 1.99. The van der Waals surface area contributed by atoms with E-state index in [9.17, 15) is 9.59 Å². The number of hydrogen-bond acceptors (Lipinski definition) is 5. The molecular weight excluding hydrogens is 418 g/mol. The second-order valence-corrected chi connectivity index (χ2v) is 8.23. The lowest BCUT2D eigenvalue weighted by Crippen LogP contribution is -2.29. The van der Waals surface area contributed by atoms with Crippen LogP contribution in [0.5, 0.6) is 5.75 Å². The topological polar surface area (TPSA) is 93.5 Å². The van der Waals surface area contributed by atoms with Crippen molar-refractivity contribution in [2.75, 3.05) is 11.9 Å². The van der Waals surface area contributed by atoms with Gasteiger partial charge in [0.2, 0.25) is 17.7 Å². The Kier molecular flexibility index (Phi) is 7.40. The van der Waals surface area contributed by atoms with Gasteiger partial charge in [-0.15, -0.1) is 0 Å². The van der Waals surface area contributed by atoms with Crippen LogP contribution in [0.2, 0.25) is 0 Å². The predicted octanol–water partition coefficient (Wildman–Crippen LogP) is 4.86. The van der Waals surface area contributed by atoms with Crippen molar-refractivity contribution in [1.82, 2.24) is 10.3 Å². The van der Waals surface area contributed by atoms with Crippen LogP contribution in [0.1, 0.15) is 43.6 Å². The SMILES string of the molecule is Cc1oc(-c2ccccc2NC(=O)CCOc2ccccc2)nc1CNC(=O)C1CCCC1. The van der Waals surface area contributed by atoms with Crippen molar-refractivity contribution in [2.24, 2.45) is 5.92 Å². The maximum absolute atomic E-state index is 12.5. The number of amides is 2. The number of aryl methyl sites for hydroxylation is 1. The van der Waals surface area contributed by atoms with Gasteiger partial charge >= 0.3 is 0 Å². The first-order valence-corrected chi connectivity index (χ1v) is 11.4. The highest BCUT2D eigenvalue weighted by atomic mass is 16.5. The molecule has 2 N–H and O–H groups in total. The fraction of sp³-hybridized carbons (Fsp3) is 0.346. The van der Waals surface area contributed by atoms with Crippen LogP contribution in [-0.4, -0.2) is 23.4 Å². The van der Waals surface area contributed by atoms with Crippen molar-refractivity contribution in [3.05, 3.63) is 66.1 Å². The van der Waals surface area contributed by atoms with Gasteiger partial charge in [-0.05, 0) is 44.0 Å². The molecule has 4 rings (SSSR count). The number of nitrogens with one attached hydrogen (secondary N) is 2. The Hall–Kier alpha value is -3.61. The first-order chi connectivity index (χ1) is 16.1. The summed E-state index contributed by atoms with van der Waals surface area (Å²) in [6, 6.07) is 16.8. The molecule has 0 radical (unpaired) electrons. The molecule has 7 heteroatoms. The molecule has 2 amide bonds.